The van der Waals surface area contributed by atoms with Gasteiger partial charge in [-0.1, -0.05) is 36.4 Å². The number of rotatable bonds is 0. The number of para-hydroxylation sites is 2. The third-order valence-corrected chi connectivity index (χ3v) is 7.25. The zero-order valence-electron chi connectivity index (χ0n) is 17.1. The van der Waals surface area contributed by atoms with E-state index >= 15 is 17.6 Å². The quantitative estimate of drug-likeness (QED) is 0.260. The Hall–Kier alpha value is -3.24. The summed E-state index contributed by atoms with van der Waals surface area (Å²) >= 11 is 0. The third kappa shape index (κ3) is 1.81. The lowest BCUT2D eigenvalue weighted by atomic mass is 9.33. The first-order valence-corrected chi connectivity index (χ1v) is 10.4. The average Bonchev–Trinajstić information content (AvgIpc) is 3.03. The highest BCUT2D eigenvalue weighted by Gasteiger charge is 2.73. The Morgan fingerprint density at radius 2 is 1.06 bits per heavy atom. The molecule has 2 nitrogen and oxygen atoms in total. The minimum atomic E-state index is -4.70. The van der Waals surface area contributed by atoms with Gasteiger partial charge in [0.2, 0.25) is 0 Å². The van der Waals surface area contributed by atoms with Crippen LogP contribution in [0.4, 0.5) is 57.9 Å². The maximum atomic E-state index is 15.2. The molecule has 0 N–H and O–H groups in total. The second kappa shape index (κ2) is 5.36. The van der Waals surface area contributed by atoms with Crippen LogP contribution in [-0.4, -0.2) is 18.8 Å². The standard InChI is InChI=1S/C23H11BF8N2/c1-10-8-15-17-16(9-10)34-19-12(21(27,28)23(34,31)32)5-3-7-14(19)24(17)13-6-2-4-11-18(13)33(15)22(29,30)20(11,25)26/h2-9H,1H3. The van der Waals surface area contributed by atoms with Crippen LogP contribution < -0.4 is 26.2 Å². The molecule has 0 atom stereocenters. The maximum Gasteiger partial charge on any atom is 0.397 e. The van der Waals surface area contributed by atoms with E-state index in [-0.39, 0.29) is 31.8 Å². The molecular weight excluding hydrogens is 467 g/mol. The molecule has 0 spiro atoms. The average molecular weight is 478 g/mol. The Balaban J connectivity index is 1.68. The van der Waals surface area contributed by atoms with Gasteiger partial charge in [0.15, 0.2) is 0 Å². The first-order valence-electron chi connectivity index (χ1n) is 10.4. The normalized spacial score (nSPS) is 22.4. The van der Waals surface area contributed by atoms with Crippen molar-refractivity contribution in [1.82, 2.24) is 0 Å². The molecule has 0 saturated heterocycles. The van der Waals surface area contributed by atoms with Gasteiger partial charge in [-0.15, -0.1) is 0 Å². The fourth-order valence-electron chi connectivity index (χ4n) is 5.93. The van der Waals surface area contributed by atoms with E-state index in [1.165, 1.54) is 43.3 Å². The molecule has 3 aromatic rings. The topological polar surface area (TPSA) is 6.48 Å². The van der Waals surface area contributed by atoms with Gasteiger partial charge in [-0.05, 0) is 41.0 Å². The van der Waals surface area contributed by atoms with E-state index in [0.717, 1.165) is 12.1 Å². The Morgan fingerprint density at radius 3 is 1.47 bits per heavy atom. The first-order chi connectivity index (χ1) is 15.8. The molecule has 0 aromatic heterocycles. The molecule has 0 fully saturated rings. The Kier molecular flexibility index (Phi) is 3.18. The Morgan fingerprint density at radius 1 is 0.647 bits per heavy atom. The van der Waals surface area contributed by atoms with Crippen molar-refractivity contribution < 1.29 is 35.1 Å². The van der Waals surface area contributed by atoms with Crippen LogP contribution in [0.1, 0.15) is 16.7 Å². The monoisotopic (exact) mass is 478 g/mol. The molecule has 0 unspecified atom stereocenters. The van der Waals surface area contributed by atoms with Crippen molar-refractivity contribution in [1.29, 1.82) is 0 Å². The van der Waals surface area contributed by atoms with Gasteiger partial charge in [-0.2, -0.15) is 35.1 Å². The predicted octanol–water partition coefficient (Wildman–Crippen LogP) is 4.81. The summed E-state index contributed by atoms with van der Waals surface area (Å²) in [6, 6.07) is -0.0535. The van der Waals surface area contributed by atoms with Gasteiger partial charge in [0, 0.05) is 11.4 Å². The smallest absolute Gasteiger partial charge is 0.277 e. The van der Waals surface area contributed by atoms with Crippen LogP contribution in [0, 0.1) is 6.92 Å². The summed E-state index contributed by atoms with van der Waals surface area (Å²) in [5.74, 6) is -9.11. The summed E-state index contributed by atoms with van der Waals surface area (Å²) in [5, 5.41) is 0. The molecule has 0 bridgehead atoms. The highest BCUT2D eigenvalue weighted by atomic mass is 19.3. The molecule has 3 aromatic carbocycles. The molecule has 0 aliphatic carbocycles. The predicted molar refractivity (Wildman–Crippen MR) is 111 cm³/mol. The number of anilines is 4. The number of alkyl halides is 8. The fourth-order valence-corrected chi connectivity index (χ4v) is 5.93. The molecule has 4 heterocycles. The van der Waals surface area contributed by atoms with Gasteiger partial charge in [0.1, 0.15) is 0 Å². The molecule has 0 radical (unpaired) electrons. The SMILES string of the molecule is Cc1cc2c3c(c1)N1c4c(cccc4C(F)(F)C1(F)F)B3c1cccc3c1N2C(F)(F)C3(F)F. The number of fused-ring (bicyclic) bond motifs is 4. The van der Waals surface area contributed by atoms with Gasteiger partial charge >= 0.3 is 23.9 Å². The molecule has 11 heteroatoms. The Bertz CT molecular complexity index is 1360. The molecule has 0 saturated carbocycles. The molecule has 7 rings (SSSR count). The fraction of sp³-hybridized carbons (Fsp3) is 0.217. The summed E-state index contributed by atoms with van der Waals surface area (Å²) in [5.41, 5.74) is -3.32. The highest BCUT2D eigenvalue weighted by Crippen LogP contribution is 2.62. The van der Waals surface area contributed by atoms with E-state index < -0.39 is 64.5 Å². The highest BCUT2D eigenvalue weighted by molar-refractivity contribution is 7.00. The van der Waals surface area contributed by atoms with E-state index in [1.807, 2.05) is 0 Å². The van der Waals surface area contributed by atoms with Crippen molar-refractivity contribution in [2.75, 3.05) is 9.80 Å². The lowest BCUT2D eigenvalue weighted by molar-refractivity contribution is -0.200. The van der Waals surface area contributed by atoms with Crippen molar-refractivity contribution in [3.63, 3.8) is 0 Å². The lowest BCUT2D eigenvalue weighted by Gasteiger charge is -2.43. The van der Waals surface area contributed by atoms with Gasteiger partial charge in [-0.25, -0.2) is 0 Å². The zero-order chi connectivity index (χ0) is 24.2. The summed E-state index contributed by atoms with van der Waals surface area (Å²) in [4.78, 5) is 0.363. The molecule has 0 amide bonds. The molecule has 4 aliphatic heterocycles. The number of nitrogens with zero attached hydrogens (tertiary/aromatic N) is 2. The largest absolute Gasteiger partial charge is 0.397 e. The van der Waals surface area contributed by atoms with E-state index in [0.29, 0.717) is 0 Å². The number of benzene rings is 3. The number of hydrogen-bond donors (Lipinski definition) is 0. The summed E-state index contributed by atoms with van der Waals surface area (Å²) in [6.45, 7) is 0.352. The Labute approximate surface area is 187 Å². The van der Waals surface area contributed by atoms with E-state index in [2.05, 4.69) is 0 Å². The van der Waals surface area contributed by atoms with Crippen molar-refractivity contribution in [2.24, 2.45) is 0 Å². The second-order valence-electron chi connectivity index (χ2n) is 9.04. The van der Waals surface area contributed by atoms with Crippen LogP contribution in [0.3, 0.4) is 0 Å². The summed E-state index contributed by atoms with van der Waals surface area (Å²) in [7, 11) is 0. The lowest BCUT2D eigenvalue weighted by Crippen LogP contribution is -2.64. The molecule has 172 valence electrons. The summed E-state index contributed by atoms with van der Waals surface area (Å²) < 4.78 is 121. The van der Waals surface area contributed by atoms with E-state index in [4.69, 9.17) is 0 Å². The minimum absolute atomic E-state index is 0.0264. The van der Waals surface area contributed by atoms with E-state index in [1.54, 1.807) is 0 Å². The van der Waals surface area contributed by atoms with Crippen LogP contribution in [0.5, 0.6) is 0 Å². The van der Waals surface area contributed by atoms with Gasteiger partial charge in [-0.3, -0.25) is 9.80 Å². The van der Waals surface area contributed by atoms with Crippen LogP contribution >= 0.6 is 0 Å². The zero-order valence-corrected chi connectivity index (χ0v) is 17.1. The maximum absolute atomic E-state index is 15.2. The third-order valence-electron chi connectivity index (χ3n) is 7.25. The minimum Gasteiger partial charge on any atom is -0.277 e. The van der Waals surface area contributed by atoms with Crippen LogP contribution in [0.15, 0.2) is 48.5 Å². The summed E-state index contributed by atoms with van der Waals surface area (Å²) in [6.07, 6.45) is 0. The number of halogens is 8. The van der Waals surface area contributed by atoms with Crippen molar-refractivity contribution in [3.8, 4) is 0 Å². The van der Waals surface area contributed by atoms with Crippen LogP contribution in [0.25, 0.3) is 0 Å². The van der Waals surface area contributed by atoms with Gasteiger partial charge < -0.3 is 0 Å². The number of hydrogen-bond acceptors (Lipinski definition) is 2. The van der Waals surface area contributed by atoms with Crippen LogP contribution in [-0.2, 0) is 11.8 Å². The van der Waals surface area contributed by atoms with Crippen molar-refractivity contribution in [3.05, 3.63) is 65.2 Å². The van der Waals surface area contributed by atoms with E-state index in [9.17, 15) is 17.6 Å². The van der Waals surface area contributed by atoms with Crippen molar-refractivity contribution >= 4 is 45.9 Å². The van der Waals surface area contributed by atoms with Gasteiger partial charge in [0.25, 0.3) is 6.71 Å². The van der Waals surface area contributed by atoms with Crippen LogP contribution in [0.2, 0.25) is 0 Å². The molecule has 34 heavy (non-hydrogen) atoms. The van der Waals surface area contributed by atoms with Gasteiger partial charge in [0.05, 0.1) is 22.5 Å². The molecule has 4 aliphatic rings. The first kappa shape index (κ1) is 20.2. The second-order valence-corrected chi connectivity index (χ2v) is 9.04. The van der Waals surface area contributed by atoms with Crippen molar-refractivity contribution in [2.45, 2.75) is 30.9 Å². The number of aryl methyl sites for hydroxylation is 1. The molecular formula is C23H11BF8N2.